The largest absolute Gasteiger partial charge is 1.00 e. The zero-order valence-corrected chi connectivity index (χ0v) is 12.7. The maximum absolute atomic E-state index is 9.77. The van der Waals surface area contributed by atoms with Gasteiger partial charge in [-0.05, 0) is 0 Å². The molecule has 6 heteroatoms. The van der Waals surface area contributed by atoms with Gasteiger partial charge in [0, 0.05) is 0 Å². The molecule has 0 aromatic heterocycles. The van der Waals surface area contributed by atoms with Crippen molar-refractivity contribution in [1.29, 1.82) is 0 Å². The molecule has 0 aromatic rings. The van der Waals surface area contributed by atoms with E-state index < -0.39 is 17.9 Å². The van der Waals surface area contributed by atoms with Crippen LogP contribution in [0.25, 0.3) is 0 Å². The molecule has 0 fully saturated rings. The first-order chi connectivity index (χ1) is 4.09. The molecule has 0 heterocycles. The fraction of sp³-hybridized carbons (Fsp3) is 0.200. The normalized spacial score (nSPS) is 7.36. The van der Waals surface area contributed by atoms with Crippen molar-refractivity contribution in [3.63, 3.8) is 0 Å². The monoisotopic (exact) mass is 206 g/mol. The molecule has 0 atom stereocenters. The van der Waals surface area contributed by atoms with Crippen molar-refractivity contribution in [2.45, 2.75) is 0 Å². The van der Waals surface area contributed by atoms with Gasteiger partial charge in [-0.1, -0.05) is 6.08 Å². The Morgan fingerprint density at radius 1 is 1.18 bits per heavy atom. The predicted molar refractivity (Wildman–Crippen MR) is 23.7 cm³/mol. The van der Waals surface area contributed by atoms with Crippen LogP contribution in [0.1, 0.15) is 0 Å². The summed E-state index contributed by atoms with van der Waals surface area (Å²) in [7, 11) is 0. The van der Waals surface area contributed by atoms with E-state index in [2.05, 4.69) is 6.58 Å². The maximum atomic E-state index is 9.77. The minimum Gasteiger partial charge on any atom is -0.549 e. The van der Waals surface area contributed by atoms with Crippen LogP contribution in [0.15, 0.2) is 12.7 Å². The first-order valence-electron chi connectivity index (χ1n) is 2.14. The molecule has 0 aromatic carbocycles. The Bertz CT molecular complexity index is 143. The second kappa shape index (κ2) is 10.0. The summed E-state index contributed by atoms with van der Waals surface area (Å²) in [4.78, 5) is 19.5. The van der Waals surface area contributed by atoms with Crippen molar-refractivity contribution < 1.29 is 123 Å². The second-order valence-electron chi connectivity index (χ2n) is 1.35. The summed E-state index contributed by atoms with van der Waals surface area (Å²) in [6.07, 6.45) is 0.741. The predicted octanol–water partition coefficient (Wildman–Crippen LogP) is -8.70. The summed E-state index contributed by atoms with van der Waals surface area (Å²) in [6.45, 7) is 2.96. The van der Waals surface area contributed by atoms with Crippen LogP contribution in [0.3, 0.4) is 0 Å². The Morgan fingerprint density at radius 3 is 1.45 bits per heavy atom. The van der Waals surface area contributed by atoms with Gasteiger partial charge in [0.15, 0.2) is 0 Å². The van der Waals surface area contributed by atoms with E-state index in [1.54, 1.807) is 0 Å². The molecular formula is C5H4K2O4. The van der Waals surface area contributed by atoms with Crippen LogP contribution < -0.4 is 113 Å². The van der Waals surface area contributed by atoms with Crippen molar-refractivity contribution in [2.75, 3.05) is 0 Å². The van der Waals surface area contributed by atoms with Gasteiger partial charge in [0.25, 0.3) is 0 Å². The molecule has 0 amide bonds. The average Bonchev–Trinajstić information content (AvgIpc) is 1.64. The summed E-state index contributed by atoms with van der Waals surface area (Å²) in [5.74, 6) is -5.11. The van der Waals surface area contributed by atoms with E-state index in [9.17, 15) is 19.8 Å². The van der Waals surface area contributed by atoms with E-state index in [1.165, 1.54) is 0 Å². The summed E-state index contributed by atoms with van der Waals surface area (Å²) in [5.41, 5.74) is 0. The quantitative estimate of drug-likeness (QED) is 0.261. The molecule has 0 spiro atoms. The molecule has 0 bridgehead atoms. The SMILES string of the molecule is C=CC(C(=O)[O-])C(=O)[O-].[K+].[K+]. The Kier molecular flexibility index (Phi) is 17.0. The van der Waals surface area contributed by atoms with Crippen molar-refractivity contribution in [3.8, 4) is 0 Å². The summed E-state index contributed by atoms with van der Waals surface area (Å²) < 4.78 is 0. The summed E-state index contributed by atoms with van der Waals surface area (Å²) >= 11 is 0. The van der Waals surface area contributed by atoms with Gasteiger partial charge in [0.1, 0.15) is 0 Å². The molecule has 0 aliphatic rings. The number of carboxylic acids is 2. The summed E-state index contributed by atoms with van der Waals surface area (Å²) in [6, 6.07) is 0. The third-order valence-corrected chi connectivity index (χ3v) is 0.744. The molecule has 50 valence electrons. The molecule has 0 rings (SSSR count). The van der Waals surface area contributed by atoms with Gasteiger partial charge in [-0.25, -0.2) is 0 Å². The standard InChI is InChI=1S/C5H6O4.2K/c1-2-3(4(6)7)5(8)9;;/h2-3H,1H2,(H,6,7)(H,8,9);;/q;2*+1/p-2. The summed E-state index contributed by atoms with van der Waals surface area (Å²) in [5, 5.41) is 19.5. The van der Waals surface area contributed by atoms with Crippen LogP contribution in [0.2, 0.25) is 0 Å². The van der Waals surface area contributed by atoms with Gasteiger partial charge in [-0.15, -0.1) is 6.58 Å². The average molecular weight is 206 g/mol. The molecule has 0 radical (unpaired) electrons. The first-order valence-corrected chi connectivity index (χ1v) is 2.14. The molecule has 0 saturated carbocycles. The fourth-order valence-corrected chi connectivity index (χ4v) is 0.289. The second-order valence-corrected chi connectivity index (χ2v) is 1.35. The first kappa shape index (κ1) is 18.7. The maximum Gasteiger partial charge on any atom is 1.00 e. The number of hydrogen-bond acceptors (Lipinski definition) is 4. The van der Waals surface area contributed by atoms with E-state index >= 15 is 0 Å². The topological polar surface area (TPSA) is 80.3 Å². The Morgan fingerprint density at radius 2 is 1.45 bits per heavy atom. The zero-order chi connectivity index (χ0) is 7.44. The van der Waals surface area contributed by atoms with E-state index in [0.717, 1.165) is 6.08 Å². The van der Waals surface area contributed by atoms with Crippen molar-refractivity contribution in [2.24, 2.45) is 5.92 Å². The minimum absolute atomic E-state index is 0. The molecule has 0 aliphatic heterocycles. The molecule has 11 heavy (non-hydrogen) atoms. The Balaban J connectivity index is -0.000000320. The Labute approximate surface area is 149 Å². The number of carbonyl (C=O) groups excluding carboxylic acids is 2. The van der Waals surface area contributed by atoms with Crippen LogP contribution in [-0.4, -0.2) is 11.9 Å². The van der Waals surface area contributed by atoms with Crippen LogP contribution in [0.4, 0.5) is 0 Å². The van der Waals surface area contributed by atoms with Crippen LogP contribution in [0, 0.1) is 5.92 Å². The number of aliphatic carboxylic acids is 2. The third-order valence-electron chi connectivity index (χ3n) is 0.744. The van der Waals surface area contributed by atoms with Gasteiger partial charge < -0.3 is 19.8 Å². The van der Waals surface area contributed by atoms with Crippen LogP contribution >= 0.6 is 0 Å². The van der Waals surface area contributed by atoms with E-state index in [1.807, 2.05) is 0 Å². The zero-order valence-electron chi connectivity index (χ0n) is 6.49. The number of rotatable bonds is 3. The van der Waals surface area contributed by atoms with E-state index in [4.69, 9.17) is 0 Å². The minimum atomic E-state index is -1.70. The molecule has 0 saturated heterocycles. The third kappa shape index (κ3) is 8.29. The molecule has 0 N–H and O–H groups in total. The molecule has 0 unspecified atom stereocenters. The molecule has 4 nitrogen and oxygen atoms in total. The Hall–Kier alpha value is 1.95. The van der Waals surface area contributed by atoms with Crippen molar-refractivity contribution in [1.82, 2.24) is 0 Å². The van der Waals surface area contributed by atoms with E-state index in [-0.39, 0.29) is 103 Å². The fourth-order valence-electron chi connectivity index (χ4n) is 0.289. The smallest absolute Gasteiger partial charge is 0.549 e. The van der Waals surface area contributed by atoms with Gasteiger partial charge in [-0.2, -0.15) is 0 Å². The van der Waals surface area contributed by atoms with Crippen molar-refractivity contribution in [3.05, 3.63) is 12.7 Å². The van der Waals surface area contributed by atoms with Gasteiger partial charge in [0.05, 0.1) is 17.9 Å². The van der Waals surface area contributed by atoms with E-state index in [0.29, 0.717) is 0 Å². The van der Waals surface area contributed by atoms with Gasteiger partial charge >= 0.3 is 103 Å². The number of carbonyl (C=O) groups is 2. The number of hydrogen-bond donors (Lipinski definition) is 0. The van der Waals surface area contributed by atoms with Crippen LogP contribution in [-0.2, 0) is 9.59 Å². The van der Waals surface area contributed by atoms with Gasteiger partial charge in [0.2, 0.25) is 0 Å². The molecule has 0 aliphatic carbocycles. The van der Waals surface area contributed by atoms with Crippen LogP contribution in [0.5, 0.6) is 0 Å². The number of carboxylic acid groups (broad SMARTS) is 2. The van der Waals surface area contributed by atoms with Gasteiger partial charge in [-0.3, -0.25) is 0 Å². The van der Waals surface area contributed by atoms with Crippen molar-refractivity contribution >= 4 is 11.9 Å². The molecular weight excluding hydrogens is 202 g/mol.